The van der Waals surface area contributed by atoms with Gasteiger partial charge in [-0.05, 0) is 46.3 Å². The highest BCUT2D eigenvalue weighted by Gasteiger charge is 2.30. The molecule has 4 nitrogen and oxygen atoms in total. The molecule has 0 aromatic heterocycles. The van der Waals surface area contributed by atoms with Crippen molar-refractivity contribution in [3.8, 4) is 0 Å². The molecule has 2 aliphatic heterocycles. The van der Waals surface area contributed by atoms with Crippen molar-refractivity contribution < 1.29 is 4.79 Å². The Morgan fingerprint density at radius 3 is 2.88 bits per heavy atom. The number of hydrogen-bond donors (Lipinski definition) is 2. The van der Waals surface area contributed by atoms with E-state index in [1.54, 1.807) is 0 Å². The van der Waals surface area contributed by atoms with E-state index < -0.39 is 0 Å². The number of likely N-dealkylation sites (N-methyl/N-ethyl adjacent to an activating group) is 1. The topological polar surface area (TPSA) is 44.4 Å². The molecule has 0 saturated carbocycles. The van der Waals surface area contributed by atoms with Crippen molar-refractivity contribution in [2.75, 3.05) is 26.7 Å². The SMILES string of the molecule is CC1NCCCC1C(=O)NC1CCN(C)C1. The lowest BCUT2D eigenvalue weighted by molar-refractivity contribution is -0.127. The van der Waals surface area contributed by atoms with E-state index >= 15 is 0 Å². The second kappa shape index (κ2) is 5.15. The summed E-state index contributed by atoms with van der Waals surface area (Å²) in [5.74, 6) is 0.416. The maximum absolute atomic E-state index is 12.1. The van der Waals surface area contributed by atoms with Crippen LogP contribution in [0.5, 0.6) is 0 Å². The standard InChI is InChI=1S/C12H23N3O/c1-9-11(4-3-6-13-9)12(16)14-10-5-7-15(2)8-10/h9-11,13H,3-8H2,1-2H3,(H,14,16). The zero-order valence-electron chi connectivity index (χ0n) is 10.3. The van der Waals surface area contributed by atoms with Crippen molar-refractivity contribution in [2.24, 2.45) is 5.92 Å². The Morgan fingerprint density at radius 2 is 2.25 bits per heavy atom. The zero-order valence-corrected chi connectivity index (χ0v) is 10.3. The molecule has 1 amide bonds. The van der Waals surface area contributed by atoms with Crippen molar-refractivity contribution in [1.82, 2.24) is 15.5 Å². The predicted octanol–water partition coefficient (Wildman–Crippen LogP) is 0.195. The number of likely N-dealkylation sites (tertiary alicyclic amines) is 1. The number of carbonyl (C=O) groups is 1. The monoisotopic (exact) mass is 225 g/mol. The molecule has 2 fully saturated rings. The van der Waals surface area contributed by atoms with E-state index in [2.05, 4.69) is 29.5 Å². The Morgan fingerprint density at radius 1 is 1.44 bits per heavy atom. The maximum atomic E-state index is 12.1. The highest BCUT2D eigenvalue weighted by molar-refractivity contribution is 5.79. The summed E-state index contributed by atoms with van der Waals surface area (Å²) in [6, 6.07) is 0.694. The zero-order chi connectivity index (χ0) is 11.5. The summed E-state index contributed by atoms with van der Waals surface area (Å²) < 4.78 is 0. The second-order valence-corrected chi connectivity index (χ2v) is 5.25. The molecule has 0 aliphatic carbocycles. The van der Waals surface area contributed by atoms with Gasteiger partial charge in [0.15, 0.2) is 0 Å². The summed E-state index contributed by atoms with van der Waals surface area (Å²) in [5, 5.41) is 6.56. The summed E-state index contributed by atoms with van der Waals surface area (Å²) in [5.41, 5.74) is 0. The fourth-order valence-corrected chi connectivity index (χ4v) is 2.76. The molecule has 0 aromatic rings. The van der Waals surface area contributed by atoms with Crippen LogP contribution in [0.4, 0.5) is 0 Å². The van der Waals surface area contributed by atoms with Crippen LogP contribution in [0, 0.1) is 5.92 Å². The Bertz CT molecular complexity index is 257. The van der Waals surface area contributed by atoms with Crippen molar-refractivity contribution >= 4 is 5.91 Å². The molecular weight excluding hydrogens is 202 g/mol. The molecule has 16 heavy (non-hydrogen) atoms. The van der Waals surface area contributed by atoms with E-state index in [9.17, 15) is 4.79 Å². The Kier molecular flexibility index (Phi) is 3.82. The molecule has 3 atom stereocenters. The Labute approximate surface area is 97.8 Å². The predicted molar refractivity (Wildman–Crippen MR) is 64.2 cm³/mol. The van der Waals surface area contributed by atoms with Crippen molar-refractivity contribution in [2.45, 2.75) is 38.3 Å². The van der Waals surface area contributed by atoms with Crippen molar-refractivity contribution in [1.29, 1.82) is 0 Å². The summed E-state index contributed by atoms with van der Waals surface area (Å²) in [6.07, 6.45) is 3.24. The minimum Gasteiger partial charge on any atom is -0.352 e. The molecule has 2 heterocycles. The first-order chi connectivity index (χ1) is 7.66. The maximum Gasteiger partial charge on any atom is 0.224 e. The van der Waals surface area contributed by atoms with Gasteiger partial charge in [0.2, 0.25) is 5.91 Å². The van der Waals surface area contributed by atoms with Crippen LogP contribution in [0.1, 0.15) is 26.2 Å². The van der Waals surface area contributed by atoms with Crippen molar-refractivity contribution in [3.63, 3.8) is 0 Å². The van der Waals surface area contributed by atoms with Crippen LogP contribution < -0.4 is 10.6 Å². The van der Waals surface area contributed by atoms with Gasteiger partial charge in [0.25, 0.3) is 0 Å². The molecule has 0 aromatic carbocycles. The molecule has 0 spiro atoms. The average Bonchev–Trinajstić information content (AvgIpc) is 2.64. The number of nitrogens with one attached hydrogen (secondary N) is 2. The fourth-order valence-electron chi connectivity index (χ4n) is 2.76. The number of carbonyl (C=O) groups excluding carboxylic acids is 1. The average molecular weight is 225 g/mol. The first-order valence-corrected chi connectivity index (χ1v) is 6.39. The van der Waals surface area contributed by atoms with Gasteiger partial charge < -0.3 is 15.5 Å². The first-order valence-electron chi connectivity index (χ1n) is 6.39. The first kappa shape index (κ1) is 11.9. The minimum absolute atomic E-state index is 0.166. The molecule has 2 saturated heterocycles. The molecule has 2 aliphatic rings. The minimum atomic E-state index is 0.166. The van der Waals surface area contributed by atoms with E-state index in [0.717, 1.165) is 38.9 Å². The van der Waals surface area contributed by atoms with Crippen LogP contribution in [-0.2, 0) is 4.79 Å². The molecule has 92 valence electrons. The molecular formula is C12H23N3O. The van der Waals surface area contributed by atoms with Gasteiger partial charge in [0.05, 0.1) is 5.92 Å². The van der Waals surface area contributed by atoms with Crippen molar-refractivity contribution in [3.05, 3.63) is 0 Å². The van der Waals surface area contributed by atoms with Crippen LogP contribution in [0.25, 0.3) is 0 Å². The highest BCUT2D eigenvalue weighted by Crippen LogP contribution is 2.17. The van der Waals surface area contributed by atoms with Crippen LogP contribution in [0.2, 0.25) is 0 Å². The molecule has 2 rings (SSSR count). The van der Waals surface area contributed by atoms with E-state index in [1.165, 1.54) is 0 Å². The number of nitrogens with zero attached hydrogens (tertiary/aromatic N) is 1. The summed E-state index contributed by atoms with van der Waals surface area (Å²) in [7, 11) is 2.11. The van der Waals surface area contributed by atoms with Gasteiger partial charge in [-0.1, -0.05) is 0 Å². The van der Waals surface area contributed by atoms with Gasteiger partial charge >= 0.3 is 0 Å². The van der Waals surface area contributed by atoms with Crippen LogP contribution in [0.15, 0.2) is 0 Å². The Balaban J connectivity index is 1.82. The third-order valence-electron chi connectivity index (χ3n) is 3.84. The number of amides is 1. The lowest BCUT2D eigenvalue weighted by Crippen LogP contribution is -2.49. The summed E-state index contributed by atoms with van der Waals surface area (Å²) in [4.78, 5) is 14.4. The third-order valence-corrected chi connectivity index (χ3v) is 3.84. The van der Waals surface area contributed by atoms with Gasteiger partial charge in [-0.2, -0.15) is 0 Å². The van der Waals surface area contributed by atoms with Gasteiger partial charge in [-0.15, -0.1) is 0 Å². The fraction of sp³-hybridized carbons (Fsp3) is 0.917. The summed E-state index contributed by atoms with van der Waals surface area (Å²) in [6.45, 7) is 5.27. The molecule has 2 N–H and O–H groups in total. The van der Waals surface area contributed by atoms with Gasteiger partial charge in [-0.3, -0.25) is 4.79 Å². The highest BCUT2D eigenvalue weighted by atomic mass is 16.2. The summed E-state index contributed by atoms with van der Waals surface area (Å²) >= 11 is 0. The third kappa shape index (κ3) is 2.74. The normalized spacial score (nSPS) is 36.2. The van der Waals surface area contributed by atoms with E-state index in [0.29, 0.717) is 12.1 Å². The van der Waals surface area contributed by atoms with E-state index in [1.807, 2.05) is 0 Å². The largest absolute Gasteiger partial charge is 0.352 e. The van der Waals surface area contributed by atoms with E-state index in [-0.39, 0.29) is 11.8 Å². The number of hydrogen-bond acceptors (Lipinski definition) is 3. The second-order valence-electron chi connectivity index (χ2n) is 5.25. The quantitative estimate of drug-likeness (QED) is 0.705. The van der Waals surface area contributed by atoms with Crippen LogP contribution >= 0.6 is 0 Å². The molecule has 4 heteroatoms. The smallest absolute Gasteiger partial charge is 0.224 e. The van der Waals surface area contributed by atoms with Gasteiger partial charge in [0, 0.05) is 18.6 Å². The van der Waals surface area contributed by atoms with Crippen LogP contribution in [-0.4, -0.2) is 49.6 Å². The molecule has 0 bridgehead atoms. The number of piperidine rings is 1. The number of rotatable bonds is 2. The van der Waals surface area contributed by atoms with E-state index in [4.69, 9.17) is 0 Å². The lowest BCUT2D eigenvalue weighted by atomic mass is 9.91. The van der Waals surface area contributed by atoms with Gasteiger partial charge in [-0.25, -0.2) is 0 Å². The Hall–Kier alpha value is -0.610. The molecule has 3 unspecified atom stereocenters. The van der Waals surface area contributed by atoms with Crippen LogP contribution in [0.3, 0.4) is 0 Å². The lowest BCUT2D eigenvalue weighted by Gasteiger charge is -2.29. The molecule has 0 radical (unpaired) electrons. The van der Waals surface area contributed by atoms with Gasteiger partial charge in [0.1, 0.15) is 0 Å².